The first-order chi connectivity index (χ1) is 19.5. The van der Waals surface area contributed by atoms with Crippen LogP contribution in [-0.4, -0.2) is 51.9 Å². The van der Waals surface area contributed by atoms with Crippen molar-refractivity contribution in [2.45, 2.75) is 63.2 Å². The van der Waals surface area contributed by atoms with Crippen molar-refractivity contribution in [2.24, 2.45) is 11.7 Å². The summed E-state index contributed by atoms with van der Waals surface area (Å²) in [5.74, 6) is -4.04. The number of carbonyl (C=O) groups is 1. The van der Waals surface area contributed by atoms with Gasteiger partial charge < -0.3 is 25.6 Å². The maximum Gasteiger partial charge on any atom is 0.274 e. The molecule has 218 valence electrons. The number of nitrogens with two attached hydrogens (primary N) is 1. The summed E-state index contributed by atoms with van der Waals surface area (Å²) in [5, 5.41) is 13.4. The molecule has 11 heteroatoms. The minimum Gasteiger partial charge on any atom is -0.488 e. The molecular weight excluding hydrogens is 537 g/mol. The number of aliphatic hydroxyl groups is 1. The summed E-state index contributed by atoms with van der Waals surface area (Å²) < 4.78 is 56.0. The average molecular weight is 571 g/mol. The Morgan fingerprint density at radius 2 is 1.93 bits per heavy atom. The van der Waals surface area contributed by atoms with Crippen molar-refractivity contribution in [3.05, 3.63) is 71.4 Å². The van der Waals surface area contributed by atoms with Crippen LogP contribution >= 0.6 is 0 Å². The highest BCUT2D eigenvalue weighted by Gasteiger charge is 2.42. The van der Waals surface area contributed by atoms with E-state index in [-0.39, 0.29) is 29.4 Å². The molecule has 0 bridgehead atoms. The number of nitrogens with one attached hydrogen (secondary N) is 1. The van der Waals surface area contributed by atoms with Gasteiger partial charge in [0.1, 0.15) is 40.7 Å². The molecule has 3 aromatic rings. The molecule has 3 heterocycles. The average Bonchev–Trinajstić information content (AvgIpc) is 2.93. The quantitative estimate of drug-likeness (QED) is 0.383. The second kappa shape index (κ2) is 11.8. The summed E-state index contributed by atoms with van der Waals surface area (Å²) in [6.07, 6.45) is 5.33. The Morgan fingerprint density at radius 1 is 1.17 bits per heavy atom. The van der Waals surface area contributed by atoms with Crippen LogP contribution < -0.4 is 15.8 Å². The van der Waals surface area contributed by atoms with Gasteiger partial charge in [0.2, 0.25) is 0 Å². The largest absolute Gasteiger partial charge is 0.488 e. The van der Waals surface area contributed by atoms with Gasteiger partial charge in [-0.05, 0) is 68.2 Å². The van der Waals surface area contributed by atoms with Crippen LogP contribution in [0.15, 0.2) is 42.7 Å². The molecule has 1 aliphatic carbocycles. The molecule has 1 amide bonds. The van der Waals surface area contributed by atoms with E-state index in [1.807, 2.05) is 6.92 Å². The number of aromatic nitrogens is 2. The van der Waals surface area contributed by atoms with Gasteiger partial charge in [-0.3, -0.25) is 9.78 Å². The summed E-state index contributed by atoms with van der Waals surface area (Å²) in [7, 11) is 0. The second-order valence-electron chi connectivity index (χ2n) is 11.1. The van der Waals surface area contributed by atoms with Gasteiger partial charge in [-0.25, -0.2) is 18.2 Å². The van der Waals surface area contributed by atoms with Gasteiger partial charge in [0.25, 0.3) is 5.91 Å². The molecule has 8 nitrogen and oxygen atoms in total. The molecule has 0 radical (unpaired) electrons. The number of rotatable bonds is 6. The number of anilines is 1. The first-order valence-electron chi connectivity index (χ1n) is 13.7. The van der Waals surface area contributed by atoms with E-state index < -0.39 is 46.3 Å². The number of hydrogen-bond donors (Lipinski definition) is 3. The van der Waals surface area contributed by atoms with Crippen LogP contribution in [0.2, 0.25) is 0 Å². The Hall–Kier alpha value is -3.54. The summed E-state index contributed by atoms with van der Waals surface area (Å²) in [6, 6.07) is 5.32. The van der Waals surface area contributed by atoms with Crippen molar-refractivity contribution in [3.63, 3.8) is 0 Å². The fraction of sp³-hybridized carbons (Fsp3) is 0.433. The highest BCUT2D eigenvalue weighted by molar-refractivity contribution is 6.03. The van der Waals surface area contributed by atoms with Crippen molar-refractivity contribution < 1.29 is 32.5 Å². The third-order valence-electron chi connectivity index (χ3n) is 8.22. The van der Waals surface area contributed by atoms with Gasteiger partial charge in [-0.15, -0.1) is 0 Å². The summed E-state index contributed by atoms with van der Waals surface area (Å²) in [4.78, 5) is 21.3. The minimum atomic E-state index is -1.08. The molecule has 1 saturated carbocycles. The van der Waals surface area contributed by atoms with E-state index in [4.69, 9.17) is 15.2 Å². The molecular formula is C30H33F3N4O4. The molecule has 5 rings (SSSR count). The van der Waals surface area contributed by atoms with Gasteiger partial charge >= 0.3 is 0 Å². The van der Waals surface area contributed by atoms with Gasteiger partial charge in [-0.1, -0.05) is 6.92 Å². The normalized spacial score (nSPS) is 26.4. The van der Waals surface area contributed by atoms with Crippen LogP contribution in [0.25, 0.3) is 11.3 Å². The minimum absolute atomic E-state index is 0.0454. The highest BCUT2D eigenvalue weighted by Crippen LogP contribution is 2.43. The van der Waals surface area contributed by atoms with E-state index in [0.717, 1.165) is 36.2 Å². The van der Waals surface area contributed by atoms with Crippen LogP contribution in [-0.2, 0) is 4.74 Å². The van der Waals surface area contributed by atoms with Crippen LogP contribution in [0.1, 0.15) is 61.5 Å². The summed E-state index contributed by atoms with van der Waals surface area (Å²) in [6.45, 7) is 4.57. The molecule has 0 spiro atoms. The molecule has 2 aliphatic rings. The van der Waals surface area contributed by atoms with Gasteiger partial charge in [0.05, 0.1) is 29.7 Å². The first kappa shape index (κ1) is 29.0. The lowest BCUT2D eigenvalue weighted by atomic mass is 9.68. The zero-order valence-electron chi connectivity index (χ0n) is 22.9. The molecule has 1 saturated heterocycles. The lowest BCUT2D eigenvalue weighted by molar-refractivity contribution is -0.0463. The SMILES string of the molecule is C[C@H]1C[C@@H](c2ccncc2NC(=O)c2ccc(F)c(-c3c(F)cc(O[C@H]4CCCOC4)cc3F)n2)C[C@@H](N)[C@]1(C)O. The Labute approximate surface area is 236 Å². The van der Waals surface area contributed by atoms with Crippen LogP contribution in [0.3, 0.4) is 0 Å². The Kier molecular flexibility index (Phi) is 8.30. The third-order valence-corrected chi connectivity index (χ3v) is 8.22. The monoisotopic (exact) mass is 570 g/mol. The summed E-state index contributed by atoms with van der Waals surface area (Å²) >= 11 is 0. The number of amides is 1. The third kappa shape index (κ3) is 6.07. The molecule has 4 N–H and O–H groups in total. The van der Waals surface area contributed by atoms with Crippen LogP contribution in [0, 0.1) is 23.4 Å². The molecule has 2 fully saturated rings. The van der Waals surface area contributed by atoms with Gasteiger partial charge in [0.15, 0.2) is 0 Å². The first-order valence-corrected chi connectivity index (χ1v) is 13.7. The number of nitrogens with zero attached hydrogens (tertiary/aromatic N) is 2. The van der Waals surface area contributed by atoms with E-state index in [9.17, 15) is 14.3 Å². The fourth-order valence-corrected chi connectivity index (χ4v) is 5.56. The van der Waals surface area contributed by atoms with E-state index in [1.54, 1.807) is 19.2 Å². The lowest BCUT2D eigenvalue weighted by Gasteiger charge is -2.44. The zero-order valence-corrected chi connectivity index (χ0v) is 22.9. The van der Waals surface area contributed by atoms with E-state index in [1.165, 1.54) is 6.20 Å². The second-order valence-corrected chi connectivity index (χ2v) is 11.1. The predicted octanol–water partition coefficient (Wildman–Crippen LogP) is 4.96. The van der Waals surface area contributed by atoms with Crippen LogP contribution in [0.4, 0.5) is 18.9 Å². The fourth-order valence-electron chi connectivity index (χ4n) is 5.56. The predicted molar refractivity (Wildman–Crippen MR) is 146 cm³/mol. The molecule has 41 heavy (non-hydrogen) atoms. The molecule has 0 unspecified atom stereocenters. The van der Waals surface area contributed by atoms with Crippen molar-refractivity contribution in [1.82, 2.24) is 9.97 Å². The van der Waals surface area contributed by atoms with E-state index in [0.29, 0.717) is 38.2 Å². The Morgan fingerprint density at radius 3 is 2.61 bits per heavy atom. The van der Waals surface area contributed by atoms with Crippen molar-refractivity contribution in [1.29, 1.82) is 0 Å². The number of carbonyl (C=O) groups excluding carboxylic acids is 1. The van der Waals surface area contributed by atoms with Gasteiger partial charge in [0, 0.05) is 31.0 Å². The standard InChI is InChI=1S/C30H33F3N4O4/c1-16-10-17(11-26(34)30(16,2)39)20-7-8-35-14-25(20)37-29(38)24-6-5-21(31)28(36-24)27-22(32)12-19(13-23(27)33)41-18-4-3-9-40-15-18/h5-8,12-14,16-18,26,39H,3-4,9-11,15,34H2,1-2H3,(H,37,38)/t16-,17+,18-,26+,30+/m0/s1. The van der Waals surface area contributed by atoms with Gasteiger partial charge in [-0.2, -0.15) is 0 Å². The number of ether oxygens (including phenoxy) is 2. The van der Waals surface area contributed by atoms with Crippen molar-refractivity contribution in [3.8, 4) is 17.0 Å². The molecule has 1 aliphatic heterocycles. The number of hydrogen-bond acceptors (Lipinski definition) is 7. The van der Waals surface area contributed by atoms with E-state index in [2.05, 4.69) is 15.3 Å². The Bertz CT molecular complexity index is 1390. The highest BCUT2D eigenvalue weighted by atomic mass is 19.1. The molecule has 5 atom stereocenters. The lowest BCUT2D eigenvalue weighted by Crippen LogP contribution is -2.54. The topological polar surface area (TPSA) is 120 Å². The van der Waals surface area contributed by atoms with E-state index >= 15 is 8.78 Å². The molecule has 1 aromatic carbocycles. The number of halogens is 3. The smallest absolute Gasteiger partial charge is 0.274 e. The maximum absolute atomic E-state index is 15.1. The van der Waals surface area contributed by atoms with Crippen LogP contribution in [0.5, 0.6) is 5.75 Å². The number of pyridine rings is 2. The maximum atomic E-state index is 15.1. The zero-order chi connectivity index (χ0) is 29.3. The Balaban J connectivity index is 1.38. The summed E-state index contributed by atoms with van der Waals surface area (Å²) in [5.41, 5.74) is 4.85. The number of benzene rings is 1. The van der Waals surface area contributed by atoms with Crippen molar-refractivity contribution >= 4 is 11.6 Å². The molecule has 2 aromatic heterocycles. The van der Waals surface area contributed by atoms with Crippen molar-refractivity contribution in [2.75, 3.05) is 18.5 Å².